The first kappa shape index (κ1) is 20.0. The van der Waals surface area contributed by atoms with Crippen LogP contribution in [0.25, 0.3) is 0 Å². The Balaban J connectivity index is 0.000000413. The van der Waals surface area contributed by atoms with Crippen LogP contribution in [-0.4, -0.2) is 72.2 Å². The number of benzene rings is 1. The highest BCUT2D eigenvalue weighted by Crippen LogP contribution is 2.13. The van der Waals surface area contributed by atoms with Crippen molar-refractivity contribution < 1.29 is 32.6 Å². The predicted molar refractivity (Wildman–Crippen MR) is 83.4 cm³/mol. The fourth-order valence-corrected chi connectivity index (χ4v) is 2.91. The molecule has 1 aromatic carbocycles. The van der Waals surface area contributed by atoms with Crippen LogP contribution in [0.5, 0.6) is 0 Å². The quantitative estimate of drug-likeness (QED) is 0.731. The van der Waals surface area contributed by atoms with E-state index in [2.05, 4.69) is 4.90 Å². The van der Waals surface area contributed by atoms with Crippen LogP contribution in [-0.2, 0) is 26.2 Å². The van der Waals surface area contributed by atoms with E-state index in [0.717, 1.165) is 0 Å². The molecule has 1 heterocycles. The molecular formula is C14H19FN2O6S. The van der Waals surface area contributed by atoms with Crippen LogP contribution < -0.4 is 0 Å². The molecule has 1 aromatic rings. The number of piperazine rings is 1. The number of carboxylic acid groups (broad SMARTS) is 2. The van der Waals surface area contributed by atoms with E-state index in [4.69, 9.17) is 19.8 Å². The number of hydrogen-bond donors (Lipinski definition) is 2. The van der Waals surface area contributed by atoms with Gasteiger partial charge in [-0.25, -0.2) is 22.4 Å². The molecule has 0 radical (unpaired) electrons. The van der Waals surface area contributed by atoms with Gasteiger partial charge in [0.05, 0.1) is 6.26 Å². The highest BCUT2D eigenvalue weighted by molar-refractivity contribution is 7.88. The van der Waals surface area contributed by atoms with Gasteiger partial charge < -0.3 is 10.2 Å². The minimum absolute atomic E-state index is 0.206. The first-order valence-corrected chi connectivity index (χ1v) is 8.83. The largest absolute Gasteiger partial charge is 0.473 e. The summed E-state index contributed by atoms with van der Waals surface area (Å²) in [6.07, 6.45) is 1.22. The summed E-state index contributed by atoms with van der Waals surface area (Å²) in [6.45, 7) is 2.77. The number of nitrogens with zero attached hydrogens (tertiary/aromatic N) is 2. The SMILES string of the molecule is CS(=O)(=O)N1CCN(Cc2ccccc2F)CC1.O=C(O)C(=O)O. The Kier molecular flexibility index (Phi) is 7.26. The molecule has 0 unspecified atom stereocenters. The first-order chi connectivity index (χ1) is 11.1. The molecule has 1 aliphatic rings. The van der Waals surface area contributed by atoms with E-state index >= 15 is 0 Å². The summed E-state index contributed by atoms with van der Waals surface area (Å²) in [5.74, 6) is -3.85. The van der Waals surface area contributed by atoms with Gasteiger partial charge >= 0.3 is 11.9 Å². The molecule has 1 aliphatic heterocycles. The van der Waals surface area contributed by atoms with Crippen molar-refractivity contribution in [3.63, 3.8) is 0 Å². The topological polar surface area (TPSA) is 115 Å². The zero-order chi connectivity index (χ0) is 18.3. The van der Waals surface area contributed by atoms with Crippen LogP contribution in [0.1, 0.15) is 5.56 Å². The molecule has 134 valence electrons. The summed E-state index contributed by atoms with van der Waals surface area (Å²) < 4.78 is 37.6. The lowest BCUT2D eigenvalue weighted by Crippen LogP contribution is -2.47. The van der Waals surface area contributed by atoms with E-state index in [1.54, 1.807) is 12.1 Å². The molecule has 0 atom stereocenters. The first-order valence-electron chi connectivity index (χ1n) is 6.98. The lowest BCUT2D eigenvalue weighted by atomic mass is 10.2. The normalized spacial score (nSPS) is 16.1. The van der Waals surface area contributed by atoms with E-state index in [1.807, 2.05) is 6.07 Å². The van der Waals surface area contributed by atoms with Gasteiger partial charge in [-0.3, -0.25) is 4.90 Å². The smallest absolute Gasteiger partial charge is 0.414 e. The second-order valence-electron chi connectivity index (χ2n) is 5.14. The fraction of sp³-hybridized carbons (Fsp3) is 0.429. The molecule has 0 aromatic heterocycles. The maximum absolute atomic E-state index is 13.5. The van der Waals surface area contributed by atoms with Crippen LogP contribution in [0.15, 0.2) is 24.3 Å². The van der Waals surface area contributed by atoms with Gasteiger partial charge in [-0.1, -0.05) is 18.2 Å². The van der Waals surface area contributed by atoms with Crippen molar-refractivity contribution >= 4 is 22.0 Å². The molecule has 0 aliphatic carbocycles. The molecular weight excluding hydrogens is 343 g/mol. The average Bonchev–Trinajstić information content (AvgIpc) is 2.50. The Morgan fingerprint density at radius 2 is 1.58 bits per heavy atom. The molecule has 1 fully saturated rings. The molecule has 24 heavy (non-hydrogen) atoms. The number of hydrogen-bond acceptors (Lipinski definition) is 5. The summed E-state index contributed by atoms with van der Waals surface area (Å²) in [7, 11) is -3.10. The molecule has 2 N–H and O–H groups in total. The Hall–Kier alpha value is -2.04. The van der Waals surface area contributed by atoms with Gasteiger partial charge in [0.15, 0.2) is 0 Å². The van der Waals surface area contributed by atoms with E-state index in [0.29, 0.717) is 38.3 Å². The summed E-state index contributed by atoms with van der Waals surface area (Å²) in [5.41, 5.74) is 0.658. The maximum Gasteiger partial charge on any atom is 0.414 e. The van der Waals surface area contributed by atoms with Gasteiger partial charge in [-0.2, -0.15) is 4.31 Å². The third-order valence-corrected chi connectivity index (χ3v) is 4.64. The second-order valence-corrected chi connectivity index (χ2v) is 7.12. The third kappa shape index (κ3) is 6.60. The average molecular weight is 362 g/mol. The number of aliphatic carboxylic acids is 2. The van der Waals surface area contributed by atoms with Gasteiger partial charge in [-0.05, 0) is 6.07 Å². The van der Waals surface area contributed by atoms with Crippen molar-refractivity contribution in [3.05, 3.63) is 35.6 Å². The number of carboxylic acids is 2. The fourth-order valence-electron chi connectivity index (χ4n) is 2.09. The van der Waals surface area contributed by atoms with Crippen molar-refractivity contribution in [2.75, 3.05) is 32.4 Å². The lowest BCUT2D eigenvalue weighted by molar-refractivity contribution is -0.159. The molecule has 0 spiro atoms. The van der Waals surface area contributed by atoms with Crippen molar-refractivity contribution in [2.45, 2.75) is 6.54 Å². The van der Waals surface area contributed by atoms with E-state index in [9.17, 15) is 12.8 Å². The minimum Gasteiger partial charge on any atom is -0.473 e. The molecule has 0 saturated carbocycles. The zero-order valence-corrected chi connectivity index (χ0v) is 13.9. The summed E-state index contributed by atoms with van der Waals surface area (Å²) in [5, 5.41) is 14.8. The summed E-state index contributed by atoms with van der Waals surface area (Å²) in [6, 6.07) is 6.69. The number of sulfonamides is 1. The van der Waals surface area contributed by atoms with Crippen LogP contribution in [0.3, 0.4) is 0 Å². The van der Waals surface area contributed by atoms with E-state index in [-0.39, 0.29) is 5.82 Å². The lowest BCUT2D eigenvalue weighted by Gasteiger charge is -2.33. The number of carbonyl (C=O) groups is 2. The van der Waals surface area contributed by atoms with Crippen molar-refractivity contribution in [1.29, 1.82) is 0 Å². The maximum atomic E-state index is 13.5. The van der Waals surface area contributed by atoms with Gasteiger partial charge in [0, 0.05) is 38.3 Å². The Labute approximate surface area is 139 Å². The Morgan fingerprint density at radius 3 is 2.00 bits per heavy atom. The Morgan fingerprint density at radius 1 is 1.08 bits per heavy atom. The molecule has 0 bridgehead atoms. The van der Waals surface area contributed by atoms with E-state index in [1.165, 1.54) is 16.6 Å². The van der Waals surface area contributed by atoms with Gasteiger partial charge in [-0.15, -0.1) is 0 Å². The van der Waals surface area contributed by atoms with Crippen molar-refractivity contribution in [1.82, 2.24) is 9.21 Å². The minimum atomic E-state index is -3.10. The summed E-state index contributed by atoms with van der Waals surface area (Å²) >= 11 is 0. The van der Waals surface area contributed by atoms with Gasteiger partial charge in [0.1, 0.15) is 5.82 Å². The third-order valence-electron chi connectivity index (χ3n) is 3.34. The highest BCUT2D eigenvalue weighted by atomic mass is 32.2. The number of rotatable bonds is 3. The van der Waals surface area contributed by atoms with Crippen molar-refractivity contribution in [3.8, 4) is 0 Å². The van der Waals surface area contributed by atoms with Gasteiger partial charge in [0.25, 0.3) is 0 Å². The molecule has 0 amide bonds. The van der Waals surface area contributed by atoms with Crippen LogP contribution in [0.2, 0.25) is 0 Å². The highest BCUT2D eigenvalue weighted by Gasteiger charge is 2.23. The molecule has 10 heteroatoms. The zero-order valence-electron chi connectivity index (χ0n) is 13.1. The second kappa shape index (κ2) is 8.71. The molecule has 2 rings (SSSR count). The van der Waals surface area contributed by atoms with Crippen LogP contribution in [0, 0.1) is 5.82 Å². The van der Waals surface area contributed by atoms with Crippen LogP contribution >= 0.6 is 0 Å². The van der Waals surface area contributed by atoms with Crippen molar-refractivity contribution in [2.24, 2.45) is 0 Å². The molecule has 1 saturated heterocycles. The Bertz CT molecular complexity index is 674. The summed E-state index contributed by atoms with van der Waals surface area (Å²) in [4.78, 5) is 20.3. The monoisotopic (exact) mass is 362 g/mol. The number of halogens is 1. The van der Waals surface area contributed by atoms with E-state index < -0.39 is 22.0 Å². The van der Waals surface area contributed by atoms with Gasteiger partial charge in [0.2, 0.25) is 10.0 Å². The molecule has 8 nitrogen and oxygen atoms in total. The predicted octanol–water partition coefficient (Wildman–Crippen LogP) is 0.0585. The standard InChI is InChI=1S/C12H17FN2O2S.C2H2O4/c1-18(16,17)15-8-6-14(7-9-15)10-11-4-2-3-5-12(11)13;3-1(4)2(5)6/h2-5H,6-10H2,1H3;(H,3,4)(H,5,6). The van der Waals surface area contributed by atoms with Crippen LogP contribution in [0.4, 0.5) is 4.39 Å².